The number of nitrogens with zero attached hydrogens (tertiary/aromatic N) is 2. The molecular formula is C26H29ClN2O4. The van der Waals surface area contributed by atoms with Crippen LogP contribution in [0.1, 0.15) is 38.8 Å². The molecule has 1 saturated carbocycles. The van der Waals surface area contributed by atoms with E-state index in [0.717, 1.165) is 29.3 Å². The van der Waals surface area contributed by atoms with E-state index in [2.05, 4.69) is 0 Å². The first-order valence-corrected chi connectivity index (χ1v) is 11.5. The second kappa shape index (κ2) is 9.98. The summed E-state index contributed by atoms with van der Waals surface area (Å²) in [6.07, 6.45) is 3.78. The van der Waals surface area contributed by atoms with Crippen molar-refractivity contribution >= 4 is 17.6 Å². The van der Waals surface area contributed by atoms with Crippen LogP contribution in [0.25, 0.3) is 16.9 Å². The van der Waals surface area contributed by atoms with Gasteiger partial charge in [0.15, 0.2) is 5.60 Å². The van der Waals surface area contributed by atoms with E-state index >= 15 is 0 Å². The summed E-state index contributed by atoms with van der Waals surface area (Å²) in [5, 5.41) is 5.33. The number of halogens is 1. The molecule has 1 fully saturated rings. The maximum atomic E-state index is 12.0. The first kappa shape index (κ1) is 23.3. The molecule has 3 aromatic rings. The van der Waals surface area contributed by atoms with Crippen molar-refractivity contribution < 1.29 is 19.0 Å². The van der Waals surface area contributed by atoms with Gasteiger partial charge in [0.25, 0.3) is 0 Å². The first-order valence-electron chi connectivity index (χ1n) is 11.2. The van der Waals surface area contributed by atoms with E-state index < -0.39 is 11.6 Å². The fourth-order valence-corrected chi connectivity index (χ4v) is 3.91. The van der Waals surface area contributed by atoms with Crippen LogP contribution in [-0.4, -0.2) is 35.1 Å². The van der Waals surface area contributed by atoms with E-state index in [1.54, 1.807) is 18.5 Å². The lowest BCUT2D eigenvalue weighted by atomic mass is 9.86. The molecule has 1 aliphatic rings. The number of carbonyl (C=O) groups is 1. The second-order valence-corrected chi connectivity index (χ2v) is 9.22. The molecule has 7 heteroatoms. The van der Waals surface area contributed by atoms with Crippen LogP contribution in [0.5, 0.6) is 5.75 Å². The van der Waals surface area contributed by atoms with E-state index in [4.69, 9.17) is 30.9 Å². The first-order chi connectivity index (χ1) is 15.9. The van der Waals surface area contributed by atoms with Gasteiger partial charge < -0.3 is 14.2 Å². The minimum atomic E-state index is -1.08. The summed E-state index contributed by atoms with van der Waals surface area (Å²) in [6, 6.07) is 17.5. The Morgan fingerprint density at radius 3 is 2.64 bits per heavy atom. The minimum absolute atomic E-state index is 0.143. The van der Waals surface area contributed by atoms with Gasteiger partial charge in [0.2, 0.25) is 0 Å². The van der Waals surface area contributed by atoms with Gasteiger partial charge >= 0.3 is 5.97 Å². The molecule has 0 amide bonds. The van der Waals surface area contributed by atoms with Gasteiger partial charge in [0, 0.05) is 5.56 Å². The van der Waals surface area contributed by atoms with Crippen LogP contribution in [-0.2, 0) is 20.9 Å². The van der Waals surface area contributed by atoms with Crippen LogP contribution >= 0.6 is 11.6 Å². The summed E-state index contributed by atoms with van der Waals surface area (Å²) in [7, 11) is 1.34. The van der Waals surface area contributed by atoms with E-state index in [9.17, 15) is 4.79 Å². The lowest BCUT2D eigenvalue weighted by molar-refractivity contribution is -0.166. The summed E-state index contributed by atoms with van der Waals surface area (Å²) >= 11 is 6.50. The van der Waals surface area contributed by atoms with Gasteiger partial charge in [-0.2, -0.15) is 5.10 Å². The highest BCUT2D eigenvalue weighted by Gasteiger charge is 2.30. The molecular weight excluding hydrogens is 440 g/mol. The maximum Gasteiger partial charge on any atom is 0.337 e. The number of hydrogen-bond acceptors (Lipinski definition) is 5. The smallest absolute Gasteiger partial charge is 0.337 e. The van der Waals surface area contributed by atoms with Gasteiger partial charge in [0.05, 0.1) is 42.4 Å². The Balaban J connectivity index is 1.64. The number of ether oxygens (including phenoxy) is 3. The number of hydrogen-bond donors (Lipinski definition) is 0. The number of esters is 1. The van der Waals surface area contributed by atoms with Crippen LogP contribution in [0, 0.1) is 5.92 Å². The van der Waals surface area contributed by atoms with E-state index in [1.807, 2.05) is 54.6 Å². The van der Waals surface area contributed by atoms with Gasteiger partial charge in [-0.3, -0.25) is 0 Å². The van der Waals surface area contributed by atoms with Crippen molar-refractivity contribution in [3.8, 4) is 22.7 Å². The quantitative estimate of drug-likeness (QED) is 0.369. The van der Waals surface area contributed by atoms with Gasteiger partial charge in [0.1, 0.15) is 5.75 Å². The summed E-state index contributed by atoms with van der Waals surface area (Å²) in [5.41, 5.74) is 2.15. The Morgan fingerprint density at radius 1 is 1.15 bits per heavy atom. The van der Waals surface area contributed by atoms with Crippen molar-refractivity contribution in [1.29, 1.82) is 0 Å². The van der Waals surface area contributed by atoms with Crippen LogP contribution in [0.4, 0.5) is 0 Å². The Bertz CT molecular complexity index is 1120. The lowest BCUT2D eigenvalue weighted by Crippen LogP contribution is -2.35. The van der Waals surface area contributed by atoms with Crippen molar-refractivity contribution in [3.05, 3.63) is 65.3 Å². The Labute approximate surface area is 199 Å². The number of benzene rings is 2. The molecule has 1 aliphatic carbocycles. The summed E-state index contributed by atoms with van der Waals surface area (Å²) in [5.74, 6) is 1.05. The van der Waals surface area contributed by atoms with E-state index in [-0.39, 0.29) is 6.61 Å². The van der Waals surface area contributed by atoms with Gasteiger partial charge in [-0.15, -0.1) is 0 Å². The zero-order valence-corrected chi connectivity index (χ0v) is 20.0. The number of carbonyl (C=O) groups excluding carboxylic acids is 1. The highest BCUT2D eigenvalue weighted by molar-refractivity contribution is 6.32. The monoisotopic (exact) mass is 468 g/mol. The fourth-order valence-electron chi connectivity index (χ4n) is 3.69. The van der Waals surface area contributed by atoms with Crippen LogP contribution in [0.3, 0.4) is 0 Å². The molecule has 0 radical (unpaired) electrons. The molecule has 1 heterocycles. The Hall–Kier alpha value is -2.83. The topological polar surface area (TPSA) is 62.6 Å². The predicted octanol–water partition coefficient (Wildman–Crippen LogP) is 5.84. The third-order valence-corrected chi connectivity index (χ3v) is 6.26. The molecule has 0 spiro atoms. The van der Waals surface area contributed by atoms with Crippen LogP contribution in [0.15, 0.2) is 54.6 Å². The highest BCUT2D eigenvalue weighted by Crippen LogP contribution is 2.32. The van der Waals surface area contributed by atoms with E-state index in [1.165, 1.54) is 26.4 Å². The molecule has 1 aromatic heterocycles. The maximum absolute atomic E-state index is 12.0. The van der Waals surface area contributed by atoms with Crippen molar-refractivity contribution in [3.63, 3.8) is 0 Å². The molecule has 0 unspecified atom stereocenters. The normalized spacial score (nSPS) is 14.1. The van der Waals surface area contributed by atoms with Gasteiger partial charge in [-0.25, -0.2) is 9.48 Å². The summed E-state index contributed by atoms with van der Waals surface area (Å²) in [4.78, 5) is 12.0. The van der Waals surface area contributed by atoms with Gasteiger partial charge in [-0.1, -0.05) is 42.3 Å². The molecule has 2 aromatic carbocycles. The molecule has 0 atom stereocenters. The van der Waals surface area contributed by atoms with Crippen molar-refractivity contribution in [2.24, 2.45) is 5.92 Å². The Kier molecular flexibility index (Phi) is 7.05. The van der Waals surface area contributed by atoms with E-state index in [0.29, 0.717) is 16.6 Å². The lowest BCUT2D eigenvalue weighted by Gasteiger charge is -2.25. The Morgan fingerprint density at radius 2 is 1.94 bits per heavy atom. The number of methoxy groups -OCH3 is 1. The second-order valence-electron chi connectivity index (χ2n) is 8.81. The molecule has 0 bridgehead atoms. The van der Waals surface area contributed by atoms with Crippen molar-refractivity contribution in [2.75, 3.05) is 13.7 Å². The zero-order valence-electron chi connectivity index (χ0n) is 19.2. The standard InChI is InChI=1S/C26H29ClN2O4/c1-26(2,25(30)31-3)33-17-20-15-24(29(28-20)23-13-5-4-12-22(23)27)19-10-7-11-21(14-19)32-16-18-8-6-9-18/h4-5,7,10-15,18H,6,8-9,16-17H2,1-3H3. The molecule has 0 N–H and O–H groups in total. The van der Waals surface area contributed by atoms with Crippen molar-refractivity contribution in [2.45, 2.75) is 45.3 Å². The third-order valence-electron chi connectivity index (χ3n) is 5.94. The largest absolute Gasteiger partial charge is 0.493 e. The average Bonchev–Trinajstić information content (AvgIpc) is 3.21. The molecule has 0 aliphatic heterocycles. The minimum Gasteiger partial charge on any atom is -0.493 e. The highest BCUT2D eigenvalue weighted by atomic mass is 35.5. The number of para-hydroxylation sites is 1. The molecule has 174 valence electrons. The van der Waals surface area contributed by atoms with Crippen LogP contribution < -0.4 is 4.74 Å². The summed E-state index contributed by atoms with van der Waals surface area (Å²) in [6.45, 7) is 4.24. The molecule has 0 saturated heterocycles. The number of rotatable bonds is 9. The molecule has 4 rings (SSSR count). The van der Waals surface area contributed by atoms with Crippen molar-refractivity contribution in [1.82, 2.24) is 9.78 Å². The fraction of sp³-hybridized carbons (Fsp3) is 0.385. The van der Waals surface area contributed by atoms with Crippen LogP contribution in [0.2, 0.25) is 5.02 Å². The SMILES string of the molecule is COC(=O)C(C)(C)OCc1cc(-c2cccc(OCC3CCC3)c2)n(-c2ccccc2Cl)n1. The zero-order chi connectivity index (χ0) is 23.4. The molecule has 33 heavy (non-hydrogen) atoms. The predicted molar refractivity (Wildman–Crippen MR) is 128 cm³/mol. The average molecular weight is 469 g/mol. The van der Waals surface area contributed by atoms with Gasteiger partial charge in [-0.05, 0) is 62.9 Å². The number of aromatic nitrogens is 2. The third kappa shape index (κ3) is 5.40. The molecule has 6 nitrogen and oxygen atoms in total. The summed E-state index contributed by atoms with van der Waals surface area (Å²) < 4.78 is 18.5.